The second kappa shape index (κ2) is 8.73. The van der Waals surface area contributed by atoms with Crippen molar-refractivity contribution in [2.75, 3.05) is 5.32 Å². The molecule has 0 saturated heterocycles. The van der Waals surface area contributed by atoms with Gasteiger partial charge >= 0.3 is 0 Å². The molecule has 0 aliphatic rings. The SMILES string of the molecule is CCCc1nc(-c2ccc(F)cc2)cnc1NC(=O)Cc1ccc(Cl)cc1. The minimum atomic E-state index is -0.299. The maximum Gasteiger partial charge on any atom is 0.229 e. The summed E-state index contributed by atoms with van der Waals surface area (Å²) in [5.41, 5.74) is 3.00. The Morgan fingerprint density at radius 2 is 1.81 bits per heavy atom. The van der Waals surface area contributed by atoms with Gasteiger partial charge in [0.05, 0.1) is 24.0 Å². The zero-order chi connectivity index (χ0) is 19.2. The number of halogens is 2. The van der Waals surface area contributed by atoms with Gasteiger partial charge in [-0.1, -0.05) is 37.1 Å². The quantitative estimate of drug-likeness (QED) is 0.646. The lowest BCUT2D eigenvalue weighted by atomic mass is 10.1. The first-order chi connectivity index (χ1) is 13.0. The largest absolute Gasteiger partial charge is 0.309 e. The molecule has 0 aliphatic heterocycles. The molecule has 1 aromatic heterocycles. The van der Waals surface area contributed by atoms with Gasteiger partial charge in [0.1, 0.15) is 5.82 Å². The maximum absolute atomic E-state index is 13.1. The number of benzene rings is 2. The van der Waals surface area contributed by atoms with Crippen molar-refractivity contribution in [2.45, 2.75) is 26.2 Å². The molecule has 0 spiro atoms. The van der Waals surface area contributed by atoms with Gasteiger partial charge in [-0.15, -0.1) is 0 Å². The van der Waals surface area contributed by atoms with Gasteiger partial charge in [0.25, 0.3) is 0 Å². The molecule has 0 aliphatic carbocycles. The van der Waals surface area contributed by atoms with E-state index >= 15 is 0 Å². The molecule has 0 fully saturated rings. The lowest BCUT2D eigenvalue weighted by Gasteiger charge is -2.11. The highest BCUT2D eigenvalue weighted by Crippen LogP contribution is 2.21. The summed E-state index contributed by atoms with van der Waals surface area (Å²) in [5.74, 6) is -0.00763. The first-order valence-corrected chi connectivity index (χ1v) is 9.09. The van der Waals surface area contributed by atoms with Crippen LogP contribution in [0.3, 0.4) is 0 Å². The normalized spacial score (nSPS) is 10.6. The van der Waals surface area contributed by atoms with Crippen LogP contribution in [0.25, 0.3) is 11.3 Å². The Kier molecular flexibility index (Phi) is 6.14. The van der Waals surface area contributed by atoms with E-state index in [4.69, 9.17) is 11.6 Å². The van der Waals surface area contributed by atoms with Gasteiger partial charge in [-0.2, -0.15) is 0 Å². The Bertz CT molecular complexity index is 927. The minimum Gasteiger partial charge on any atom is -0.309 e. The summed E-state index contributed by atoms with van der Waals surface area (Å²) in [6, 6.07) is 13.2. The van der Waals surface area contributed by atoms with E-state index in [-0.39, 0.29) is 18.1 Å². The van der Waals surface area contributed by atoms with E-state index < -0.39 is 0 Å². The average Bonchev–Trinajstić information content (AvgIpc) is 2.66. The van der Waals surface area contributed by atoms with Crippen LogP contribution in [0.5, 0.6) is 0 Å². The summed E-state index contributed by atoms with van der Waals surface area (Å²) in [4.78, 5) is 21.4. The minimum absolute atomic E-state index is 0.168. The molecule has 3 aromatic rings. The lowest BCUT2D eigenvalue weighted by Crippen LogP contribution is -2.17. The van der Waals surface area contributed by atoms with E-state index in [1.165, 1.54) is 12.1 Å². The van der Waals surface area contributed by atoms with Crippen LogP contribution in [-0.2, 0) is 17.6 Å². The standard InChI is InChI=1S/C21H19ClFN3O/c1-2-3-18-21(26-20(27)12-14-4-8-16(22)9-5-14)24-13-19(25-18)15-6-10-17(23)11-7-15/h4-11,13H,2-3,12H2,1H3,(H,24,26,27). The highest BCUT2D eigenvalue weighted by molar-refractivity contribution is 6.30. The Hall–Kier alpha value is -2.79. The second-order valence-corrected chi connectivity index (χ2v) is 6.60. The number of amides is 1. The Labute approximate surface area is 162 Å². The smallest absolute Gasteiger partial charge is 0.229 e. The fraction of sp³-hybridized carbons (Fsp3) is 0.190. The van der Waals surface area contributed by atoms with Crippen molar-refractivity contribution >= 4 is 23.3 Å². The molecule has 4 nitrogen and oxygen atoms in total. The number of hydrogen-bond acceptors (Lipinski definition) is 3. The predicted octanol–water partition coefficient (Wildman–Crippen LogP) is 5.07. The van der Waals surface area contributed by atoms with Gasteiger partial charge in [-0.25, -0.2) is 14.4 Å². The van der Waals surface area contributed by atoms with Crippen molar-refractivity contribution in [1.82, 2.24) is 9.97 Å². The van der Waals surface area contributed by atoms with Crippen LogP contribution >= 0.6 is 11.6 Å². The number of aromatic nitrogens is 2. The van der Waals surface area contributed by atoms with Crippen molar-refractivity contribution in [3.05, 3.63) is 76.8 Å². The van der Waals surface area contributed by atoms with E-state index in [1.807, 2.05) is 19.1 Å². The van der Waals surface area contributed by atoms with Crippen LogP contribution in [0.1, 0.15) is 24.6 Å². The molecular formula is C21H19ClFN3O. The molecule has 1 amide bonds. The van der Waals surface area contributed by atoms with Crippen molar-refractivity contribution in [2.24, 2.45) is 0 Å². The van der Waals surface area contributed by atoms with Gasteiger partial charge in [0, 0.05) is 10.6 Å². The Morgan fingerprint density at radius 1 is 1.11 bits per heavy atom. The highest BCUT2D eigenvalue weighted by atomic mass is 35.5. The molecule has 0 saturated carbocycles. The van der Waals surface area contributed by atoms with Crippen molar-refractivity contribution in [3.63, 3.8) is 0 Å². The van der Waals surface area contributed by atoms with Gasteiger partial charge in [-0.3, -0.25) is 4.79 Å². The lowest BCUT2D eigenvalue weighted by molar-refractivity contribution is -0.115. The van der Waals surface area contributed by atoms with Gasteiger partial charge in [0.15, 0.2) is 5.82 Å². The zero-order valence-corrected chi connectivity index (χ0v) is 15.6. The second-order valence-electron chi connectivity index (χ2n) is 6.16. The Balaban J connectivity index is 1.78. The molecule has 6 heteroatoms. The summed E-state index contributed by atoms with van der Waals surface area (Å²) in [6.07, 6.45) is 3.36. The summed E-state index contributed by atoms with van der Waals surface area (Å²) in [6.45, 7) is 2.03. The van der Waals surface area contributed by atoms with Crippen LogP contribution in [0, 0.1) is 5.82 Å². The molecule has 1 heterocycles. The molecule has 1 N–H and O–H groups in total. The van der Waals surface area contributed by atoms with Crippen LogP contribution in [0.2, 0.25) is 5.02 Å². The predicted molar refractivity (Wildman–Crippen MR) is 105 cm³/mol. The molecule has 0 unspecified atom stereocenters. The number of nitrogens with zero attached hydrogens (tertiary/aromatic N) is 2. The van der Waals surface area contributed by atoms with Gasteiger partial charge < -0.3 is 5.32 Å². The van der Waals surface area contributed by atoms with Crippen molar-refractivity contribution < 1.29 is 9.18 Å². The molecule has 0 bridgehead atoms. The number of carbonyl (C=O) groups is 1. The molecular weight excluding hydrogens is 365 g/mol. The maximum atomic E-state index is 13.1. The van der Waals surface area contributed by atoms with E-state index in [1.54, 1.807) is 30.5 Å². The van der Waals surface area contributed by atoms with E-state index in [2.05, 4.69) is 15.3 Å². The molecule has 3 rings (SSSR count). The van der Waals surface area contributed by atoms with Gasteiger partial charge in [-0.05, 0) is 48.4 Å². The van der Waals surface area contributed by atoms with Crippen LogP contribution in [0.15, 0.2) is 54.7 Å². The van der Waals surface area contributed by atoms with E-state index in [9.17, 15) is 9.18 Å². The fourth-order valence-electron chi connectivity index (χ4n) is 2.67. The van der Waals surface area contributed by atoms with Crippen molar-refractivity contribution in [1.29, 1.82) is 0 Å². The monoisotopic (exact) mass is 383 g/mol. The van der Waals surface area contributed by atoms with E-state index in [0.29, 0.717) is 28.6 Å². The number of carbonyl (C=O) groups excluding carboxylic acids is 1. The first-order valence-electron chi connectivity index (χ1n) is 8.71. The van der Waals surface area contributed by atoms with Crippen LogP contribution < -0.4 is 5.32 Å². The fourth-order valence-corrected chi connectivity index (χ4v) is 2.79. The average molecular weight is 384 g/mol. The summed E-state index contributed by atoms with van der Waals surface area (Å²) >= 11 is 5.87. The molecule has 138 valence electrons. The number of rotatable bonds is 6. The van der Waals surface area contributed by atoms with Crippen molar-refractivity contribution in [3.8, 4) is 11.3 Å². The topological polar surface area (TPSA) is 54.9 Å². The highest BCUT2D eigenvalue weighted by Gasteiger charge is 2.12. The number of aryl methyl sites for hydroxylation is 1. The molecule has 0 radical (unpaired) electrons. The number of anilines is 1. The Morgan fingerprint density at radius 3 is 2.48 bits per heavy atom. The third-order valence-corrected chi connectivity index (χ3v) is 4.26. The molecule has 0 atom stereocenters. The summed E-state index contributed by atoms with van der Waals surface area (Å²) in [7, 11) is 0. The summed E-state index contributed by atoms with van der Waals surface area (Å²) < 4.78 is 13.1. The molecule has 2 aromatic carbocycles. The van der Waals surface area contributed by atoms with E-state index in [0.717, 1.165) is 17.5 Å². The number of hydrogen-bond donors (Lipinski definition) is 1. The third kappa shape index (κ3) is 5.11. The van der Waals surface area contributed by atoms with Crippen LogP contribution in [0.4, 0.5) is 10.2 Å². The van der Waals surface area contributed by atoms with Crippen LogP contribution in [-0.4, -0.2) is 15.9 Å². The number of nitrogens with one attached hydrogen (secondary N) is 1. The first kappa shape index (κ1) is 19.0. The third-order valence-electron chi connectivity index (χ3n) is 4.01. The zero-order valence-electron chi connectivity index (χ0n) is 14.9. The van der Waals surface area contributed by atoms with Gasteiger partial charge in [0.2, 0.25) is 5.91 Å². The molecule has 27 heavy (non-hydrogen) atoms. The summed E-state index contributed by atoms with van der Waals surface area (Å²) in [5, 5.41) is 3.47.